The number of aromatic amines is 1. The van der Waals surface area contributed by atoms with Gasteiger partial charge in [-0.25, -0.2) is 13.4 Å². The Morgan fingerprint density at radius 1 is 1.36 bits per heavy atom. The van der Waals surface area contributed by atoms with Gasteiger partial charge in [-0.1, -0.05) is 30.3 Å². The van der Waals surface area contributed by atoms with Gasteiger partial charge in [-0.15, -0.1) is 0 Å². The molecule has 1 atom stereocenters. The molecule has 2 aromatic rings. The highest BCUT2D eigenvalue weighted by atomic mass is 32.2. The molecule has 0 bridgehead atoms. The summed E-state index contributed by atoms with van der Waals surface area (Å²) in [7, 11) is -3.36. The molecule has 1 N–H and O–H groups in total. The molecule has 0 amide bonds. The van der Waals surface area contributed by atoms with Crippen LogP contribution in [-0.4, -0.2) is 42.4 Å². The highest BCUT2D eigenvalue weighted by molar-refractivity contribution is 7.88. The average Bonchev–Trinajstić information content (AvgIpc) is 2.95. The first-order chi connectivity index (χ1) is 10.5. The number of imidazole rings is 1. The zero-order valence-corrected chi connectivity index (χ0v) is 13.2. The van der Waals surface area contributed by atoms with Gasteiger partial charge in [0.2, 0.25) is 10.0 Å². The van der Waals surface area contributed by atoms with E-state index in [0.29, 0.717) is 25.5 Å². The molecule has 1 aromatic carbocycles. The van der Waals surface area contributed by atoms with E-state index in [1.807, 2.05) is 37.3 Å². The Labute approximate surface area is 130 Å². The zero-order valence-electron chi connectivity index (χ0n) is 12.4. The summed E-state index contributed by atoms with van der Waals surface area (Å²) < 4.78 is 32.3. The van der Waals surface area contributed by atoms with Crippen LogP contribution in [0.15, 0.2) is 36.5 Å². The number of sulfonamides is 1. The molecule has 0 saturated carbocycles. The number of nitrogens with zero attached hydrogens (tertiary/aromatic N) is 2. The number of H-pyrrole nitrogens is 1. The summed E-state index contributed by atoms with van der Waals surface area (Å²) in [5.41, 5.74) is 1.72. The van der Waals surface area contributed by atoms with Crippen LogP contribution in [0.3, 0.4) is 0 Å². The number of benzene rings is 1. The quantitative estimate of drug-likeness (QED) is 0.928. The summed E-state index contributed by atoms with van der Waals surface area (Å²) in [6, 6.07) is 9.22. The van der Waals surface area contributed by atoms with Crippen LogP contribution in [0.1, 0.15) is 23.2 Å². The van der Waals surface area contributed by atoms with Crippen LogP contribution in [0.4, 0.5) is 0 Å². The average molecular weight is 321 g/mol. The van der Waals surface area contributed by atoms with E-state index in [9.17, 15) is 8.42 Å². The van der Waals surface area contributed by atoms with E-state index in [0.717, 1.165) is 11.3 Å². The van der Waals surface area contributed by atoms with Crippen molar-refractivity contribution in [1.29, 1.82) is 0 Å². The second kappa shape index (κ2) is 6.20. The first-order valence-electron chi connectivity index (χ1n) is 7.19. The number of aryl methyl sites for hydroxylation is 1. The van der Waals surface area contributed by atoms with Gasteiger partial charge in [-0.2, -0.15) is 4.31 Å². The van der Waals surface area contributed by atoms with Crippen molar-refractivity contribution in [3.05, 3.63) is 53.6 Å². The lowest BCUT2D eigenvalue weighted by atomic mass is 10.2. The molecular weight excluding hydrogens is 302 g/mol. The fourth-order valence-corrected chi connectivity index (χ4v) is 4.03. The predicted octanol–water partition coefficient (Wildman–Crippen LogP) is 1.62. The standard InChI is InChI=1S/C15H19N3O3S/c1-12-9-16-15(17-12)14-10-18(7-8-21-14)22(19,20)11-13-5-3-2-4-6-13/h2-6,9,14H,7-8,10-11H2,1H3,(H,16,17). The lowest BCUT2D eigenvalue weighted by Crippen LogP contribution is -2.43. The number of morpholine rings is 1. The molecule has 1 aromatic heterocycles. The van der Waals surface area contributed by atoms with E-state index in [1.165, 1.54) is 4.31 Å². The number of aromatic nitrogens is 2. The minimum atomic E-state index is -3.36. The van der Waals surface area contributed by atoms with E-state index in [1.54, 1.807) is 6.20 Å². The topological polar surface area (TPSA) is 75.3 Å². The molecule has 0 radical (unpaired) electrons. The molecule has 1 aliphatic rings. The fourth-order valence-electron chi connectivity index (χ4n) is 2.52. The number of hydrogen-bond donors (Lipinski definition) is 1. The Morgan fingerprint density at radius 2 is 2.14 bits per heavy atom. The Bertz CT molecular complexity index is 728. The van der Waals surface area contributed by atoms with E-state index in [2.05, 4.69) is 9.97 Å². The van der Waals surface area contributed by atoms with E-state index >= 15 is 0 Å². The summed E-state index contributed by atoms with van der Waals surface area (Å²) in [4.78, 5) is 7.35. The van der Waals surface area contributed by atoms with Crippen molar-refractivity contribution in [2.75, 3.05) is 19.7 Å². The van der Waals surface area contributed by atoms with E-state index < -0.39 is 10.0 Å². The van der Waals surface area contributed by atoms with Crippen LogP contribution >= 0.6 is 0 Å². The maximum Gasteiger partial charge on any atom is 0.218 e. The second-order valence-electron chi connectivity index (χ2n) is 5.41. The van der Waals surface area contributed by atoms with Gasteiger partial charge < -0.3 is 9.72 Å². The Balaban J connectivity index is 1.73. The smallest absolute Gasteiger partial charge is 0.218 e. The molecule has 0 aliphatic carbocycles. The molecule has 118 valence electrons. The van der Waals surface area contributed by atoms with Crippen LogP contribution in [0, 0.1) is 6.92 Å². The Morgan fingerprint density at radius 3 is 2.82 bits per heavy atom. The lowest BCUT2D eigenvalue weighted by Gasteiger charge is -2.31. The van der Waals surface area contributed by atoms with Crippen molar-refractivity contribution >= 4 is 10.0 Å². The first-order valence-corrected chi connectivity index (χ1v) is 8.80. The molecule has 1 aliphatic heterocycles. The number of nitrogens with one attached hydrogen (secondary N) is 1. The number of ether oxygens (including phenoxy) is 1. The van der Waals surface area contributed by atoms with Crippen LogP contribution < -0.4 is 0 Å². The maximum atomic E-state index is 12.6. The van der Waals surface area contributed by atoms with Crippen molar-refractivity contribution in [3.63, 3.8) is 0 Å². The van der Waals surface area contributed by atoms with Gasteiger partial charge in [0.1, 0.15) is 11.9 Å². The molecular formula is C15H19N3O3S. The molecule has 6 nitrogen and oxygen atoms in total. The number of rotatable bonds is 4. The van der Waals surface area contributed by atoms with Gasteiger partial charge in [0.05, 0.1) is 12.4 Å². The third-order valence-corrected chi connectivity index (χ3v) is 5.46. The zero-order chi connectivity index (χ0) is 15.6. The highest BCUT2D eigenvalue weighted by Gasteiger charge is 2.31. The lowest BCUT2D eigenvalue weighted by molar-refractivity contribution is -0.00715. The van der Waals surface area contributed by atoms with E-state index in [-0.39, 0.29) is 11.9 Å². The van der Waals surface area contributed by atoms with Gasteiger partial charge in [0, 0.05) is 25.0 Å². The Kier molecular flexibility index (Phi) is 4.28. The largest absolute Gasteiger partial charge is 0.368 e. The third-order valence-electron chi connectivity index (χ3n) is 3.64. The summed E-state index contributed by atoms with van der Waals surface area (Å²) >= 11 is 0. The normalized spacial score (nSPS) is 20.1. The van der Waals surface area contributed by atoms with E-state index in [4.69, 9.17) is 4.74 Å². The van der Waals surface area contributed by atoms with Gasteiger partial charge in [-0.05, 0) is 12.5 Å². The van der Waals surface area contributed by atoms with Gasteiger partial charge >= 0.3 is 0 Å². The summed E-state index contributed by atoms with van der Waals surface area (Å²) in [6.07, 6.45) is 1.38. The molecule has 2 heterocycles. The van der Waals surface area contributed by atoms with Crippen LogP contribution in [-0.2, 0) is 20.5 Å². The van der Waals surface area contributed by atoms with Crippen molar-refractivity contribution < 1.29 is 13.2 Å². The molecule has 7 heteroatoms. The monoisotopic (exact) mass is 321 g/mol. The van der Waals surface area contributed by atoms with Gasteiger partial charge in [0.25, 0.3) is 0 Å². The van der Waals surface area contributed by atoms with Crippen molar-refractivity contribution in [1.82, 2.24) is 14.3 Å². The predicted molar refractivity (Wildman–Crippen MR) is 82.7 cm³/mol. The first kappa shape index (κ1) is 15.2. The minimum absolute atomic E-state index is 0.0116. The Hall–Kier alpha value is -1.70. The van der Waals surface area contributed by atoms with Crippen molar-refractivity contribution in [2.45, 2.75) is 18.8 Å². The SMILES string of the molecule is Cc1cnc(C2CN(S(=O)(=O)Cc3ccccc3)CCO2)[nH]1. The molecule has 1 unspecified atom stereocenters. The molecule has 22 heavy (non-hydrogen) atoms. The minimum Gasteiger partial charge on any atom is -0.368 e. The molecule has 3 rings (SSSR count). The third kappa shape index (κ3) is 3.37. The maximum absolute atomic E-state index is 12.6. The fraction of sp³-hybridized carbons (Fsp3) is 0.400. The van der Waals surface area contributed by atoms with Crippen LogP contribution in [0.5, 0.6) is 0 Å². The molecule has 0 spiro atoms. The second-order valence-corrected chi connectivity index (χ2v) is 7.38. The van der Waals surface area contributed by atoms with Crippen LogP contribution in [0.25, 0.3) is 0 Å². The summed E-state index contributed by atoms with van der Waals surface area (Å²) in [5.74, 6) is 0.690. The van der Waals surface area contributed by atoms with Crippen LogP contribution in [0.2, 0.25) is 0 Å². The van der Waals surface area contributed by atoms with Gasteiger partial charge in [-0.3, -0.25) is 0 Å². The highest BCUT2D eigenvalue weighted by Crippen LogP contribution is 2.23. The molecule has 1 fully saturated rings. The van der Waals surface area contributed by atoms with Gasteiger partial charge in [0.15, 0.2) is 0 Å². The summed E-state index contributed by atoms with van der Waals surface area (Å²) in [6.45, 7) is 2.95. The van der Waals surface area contributed by atoms with Crippen molar-refractivity contribution in [3.8, 4) is 0 Å². The number of hydrogen-bond acceptors (Lipinski definition) is 4. The summed E-state index contributed by atoms with van der Waals surface area (Å²) in [5, 5.41) is 0. The molecule has 1 saturated heterocycles. The van der Waals surface area contributed by atoms with Crippen molar-refractivity contribution in [2.24, 2.45) is 0 Å².